The SMILES string of the molecule is C[C@H](CC(=O)O)c1cccc(-n2c(C(N)=O)cc3ccc(OC(F)(F)F)cc32)c1. The Hall–Kier alpha value is -3.49. The van der Waals surface area contributed by atoms with Crippen molar-refractivity contribution in [3.05, 3.63) is 59.8 Å². The minimum atomic E-state index is -4.86. The molecule has 0 aliphatic carbocycles. The van der Waals surface area contributed by atoms with Crippen molar-refractivity contribution in [2.75, 3.05) is 0 Å². The van der Waals surface area contributed by atoms with E-state index in [9.17, 15) is 22.8 Å². The molecule has 3 N–H and O–H groups in total. The summed E-state index contributed by atoms with van der Waals surface area (Å²) in [5.41, 5.74) is 7.01. The molecule has 2 aromatic carbocycles. The number of rotatable bonds is 6. The highest BCUT2D eigenvalue weighted by Crippen LogP contribution is 2.31. The molecule has 0 radical (unpaired) electrons. The minimum Gasteiger partial charge on any atom is -0.481 e. The number of carboxylic acid groups (broad SMARTS) is 1. The number of hydrogen-bond acceptors (Lipinski definition) is 3. The lowest BCUT2D eigenvalue weighted by Gasteiger charge is -2.14. The molecular weight excluding hydrogens is 389 g/mol. The molecule has 0 saturated carbocycles. The number of fused-ring (bicyclic) bond motifs is 1. The Morgan fingerprint density at radius 3 is 2.52 bits per heavy atom. The van der Waals surface area contributed by atoms with Crippen LogP contribution in [0.4, 0.5) is 13.2 Å². The van der Waals surface area contributed by atoms with Crippen LogP contribution in [-0.2, 0) is 4.79 Å². The highest BCUT2D eigenvalue weighted by Gasteiger charge is 2.31. The van der Waals surface area contributed by atoms with Crippen LogP contribution in [0.25, 0.3) is 16.6 Å². The molecule has 0 aliphatic rings. The summed E-state index contributed by atoms with van der Waals surface area (Å²) >= 11 is 0. The van der Waals surface area contributed by atoms with E-state index in [-0.39, 0.29) is 18.0 Å². The molecule has 1 aromatic heterocycles. The zero-order valence-corrected chi connectivity index (χ0v) is 15.2. The maximum Gasteiger partial charge on any atom is 0.573 e. The monoisotopic (exact) mass is 406 g/mol. The lowest BCUT2D eigenvalue weighted by atomic mass is 9.97. The summed E-state index contributed by atoms with van der Waals surface area (Å²) in [6.45, 7) is 1.74. The lowest BCUT2D eigenvalue weighted by molar-refractivity contribution is -0.274. The summed E-state index contributed by atoms with van der Waals surface area (Å²) in [6, 6.07) is 11.9. The highest BCUT2D eigenvalue weighted by molar-refractivity contribution is 5.99. The summed E-state index contributed by atoms with van der Waals surface area (Å²) in [6.07, 6.45) is -4.95. The number of ether oxygens (including phenoxy) is 1. The molecular formula is C20H17F3N2O4. The van der Waals surface area contributed by atoms with Gasteiger partial charge in [-0.05, 0) is 41.8 Å². The van der Waals surface area contributed by atoms with Crippen LogP contribution < -0.4 is 10.5 Å². The number of carboxylic acids is 1. The van der Waals surface area contributed by atoms with E-state index in [1.165, 1.54) is 22.8 Å². The van der Waals surface area contributed by atoms with Crippen LogP contribution in [0.2, 0.25) is 0 Å². The van der Waals surface area contributed by atoms with Gasteiger partial charge in [0.05, 0.1) is 11.9 Å². The molecule has 0 unspecified atom stereocenters. The number of halogens is 3. The molecule has 3 aromatic rings. The number of primary amides is 1. The van der Waals surface area contributed by atoms with Crippen LogP contribution >= 0.6 is 0 Å². The van der Waals surface area contributed by atoms with Crippen molar-refractivity contribution in [2.24, 2.45) is 5.73 Å². The summed E-state index contributed by atoms with van der Waals surface area (Å²) in [5, 5.41) is 9.51. The smallest absolute Gasteiger partial charge is 0.481 e. The number of carbonyl (C=O) groups is 2. The van der Waals surface area contributed by atoms with Crippen molar-refractivity contribution in [3.8, 4) is 11.4 Å². The first-order chi connectivity index (χ1) is 13.5. The average molecular weight is 406 g/mol. The van der Waals surface area contributed by atoms with Crippen molar-refractivity contribution in [3.63, 3.8) is 0 Å². The number of alkyl halides is 3. The number of benzene rings is 2. The summed E-state index contributed by atoms with van der Waals surface area (Å²) in [7, 11) is 0. The van der Waals surface area contributed by atoms with Gasteiger partial charge in [-0.3, -0.25) is 9.59 Å². The fourth-order valence-corrected chi connectivity index (χ4v) is 3.19. The van der Waals surface area contributed by atoms with E-state index in [4.69, 9.17) is 10.8 Å². The third kappa shape index (κ3) is 4.50. The topological polar surface area (TPSA) is 94.5 Å². The number of nitrogens with two attached hydrogens (primary N) is 1. The molecule has 0 aliphatic heterocycles. The molecule has 0 saturated heterocycles. The Balaban J connectivity index is 2.16. The van der Waals surface area contributed by atoms with Gasteiger partial charge in [0.25, 0.3) is 5.91 Å². The van der Waals surface area contributed by atoms with E-state index in [2.05, 4.69) is 4.74 Å². The van der Waals surface area contributed by atoms with Gasteiger partial charge in [-0.1, -0.05) is 19.1 Å². The number of nitrogens with zero attached hydrogens (tertiary/aromatic N) is 1. The number of carbonyl (C=O) groups excluding carboxylic acids is 1. The van der Waals surface area contributed by atoms with E-state index in [0.29, 0.717) is 22.2 Å². The first-order valence-electron chi connectivity index (χ1n) is 8.58. The molecule has 0 bridgehead atoms. The van der Waals surface area contributed by atoms with E-state index in [1.54, 1.807) is 31.2 Å². The second-order valence-corrected chi connectivity index (χ2v) is 6.59. The van der Waals surface area contributed by atoms with E-state index in [1.807, 2.05) is 0 Å². The second-order valence-electron chi connectivity index (χ2n) is 6.59. The molecule has 0 spiro atoms. The Kier molecular flexibility index (Phi) is 5.23. The molecule has 6 nitrogen and oxygen atoms in total. The highest BCUT2D eigenvalue weighted by atomic mass is 19.4. The first kappa shape index (κ1) is 20.2. The van der Waals surface area contributed by atoms with Crippen LogP contribution in [0.3, 0.4) is 0 Å². The predicted molar refractivity (Wildman–Crippen MR) is 99.1 cm³/mol. The van der Waals surface area contributed by atoms with Crippen LogP contribution in [-0.4, -0.2) is 27.9 Å². The van der Waals surface area contributed by atoms with Crippen LogP contribution in [0, 0.1) is 0 Å². The van der Waals surface area contributed by atoms with Gasteiger partial charge in [-0.15, -0.1) is 13.2 Å². The third-order valence-corrected chi connectivity index (χ3v) is 4.44. The van der Waals surface area contributed by atoms with Gasteiger partial charge in [0, 0.05) is 17.1 Å². The summed E-state index contributed by atoms with van der Waals surface area (Å²) in [5.74, 6) is -2.46. The standard InChI is InChI=1S/C20H17F3N2O4/c1-11(7-18(26)27)12-3-2-4-14(8-12)25-16-10-15(29-20(21,22)23)6-5-13(16)9-17(25)19(24)28/h2-6,8-11H,7H2,1H3,(H2,24,28)(H,26,27)/t11-/m1/s1. The Morgan fingerprint density at radius 1 is 1.17 bits per heavy atom. The van der Waals surface area contributed by atoms with E-state index in [0.717, 1.165) is 6.07 Å². The molecule has 1 amide bonds. The van der Waals surface area contributed by atoms with Crippen molar-refractivity contribution in [1.82, 2.24) is 4.57 Å². The number of aliphatic carboxylic acids is 1. The van der Waals surface area contributed by atoms with E-state index < -0.39 is 24.0 Å². The fourth-order valence-electron chi connectivity index (χ4n) is 3.19. The molecule has 9 heteroatoms. The first-order valence-corrected chi connectivity index (χ1v) is 8.58. The van der Waals surface area contributed by atoms with Crippen molar-refractivity contribution in [1.29, 1.82) is 0 Å². The fraction of sp³-hybridized carbons (Fsp3) is 0.200. The Morgan fingerprint density at radius 2 is 1.90 bits per heavy atom. The van der Waals surface area contributed by atoms with Gasteiger partial charge in [0.15, 0.2) is 0 Å². The predicted octanol–water partition coefficient (Wildman–Crippen LogP) is 4.21. The molecule has 1 atom stereocenters. The van der Waals surface area contributed by atoms with Gasteiger partial charge < -0.3 is 20.1 Å². The summed E-state index contributed by atoms with van der Waals surface area (Å²) < 4.78 is 43.2. The number of hydrogen-bond donors (Lipinski definition) is 2. The van der Waals surface area contributed by atoms with Gasteiger partial charge in [-0.2, -0.15) is 0 Å². The second kappa shape index (κ2) is 7.50. The molecule has 152 valence electrons. The zero-order chi connectivity index (χ0) is 21.3. The molecule has 1 heterocycles. The van der Waals surface area contributed by atoms with Crippen LogP contribution in [0.1, 0.15) is 35.3 Å². The van der Waals surface area contributed by atoms with Gasteiger partial charge in [-0.25, -0.2) is 0 Å². The summed E-state index contributed by atoms with van der Waals surface area (Å²) in [4.78, 5) is 22.9. The average Bonchev–Trinajstić information content (AvgIpc) is 2.99. The van der Waals surface area contributed by atoms with Crippen molar-refractivity contribution >= 4 is 22.8 Å². The lowest BCUT2D eigenvalue weighted by Crippen LogP contribution is -2.17. The minimum absolute atomic E-state index is 0.0761. The number of amides is 1. The maximum absolute atomic E-state index is 12.6. The van der Waals surface area contributed by atoms with Crippen LogP contribution in [0.5, 0.6) is 5.75 Å². The molecule has 29 heavy (non-hydrogen) atoms. The van der Waals surface area contributed by atoms with E-state index >= 15 is 0 Å². The third-order valence-electron chi connectivity index (χ3n) is 4.44. The Labute approximate surface area is 163 Å². The van der Waals surface area contributed by atoms with Crippen molar-refractivity contribution < 1.29 is 32.6 Å². The van der Waals surface area contributed by atoms with Gasteiger partial charge >= 0.3 is 12.3 Å². The molecule has 0 fully saturated rings. The zero-order valence-electron chi connectivity index (χ0n) is 15.2. The van der Waals surface area contributed by atoms with Gasteiger partial charge in [0.1, 0.15) is 11.4 Å². The molecule has 3 rings (SSSR count). The largest absolute Gasteiger partial charge is 0.573 e. The maximum atomic E-state index is 12.6. The van der Waals surface area contributed by atoms with Crippen molar-refractivity contribution in [2.45, 2.75) is 25.6 Å². The normalized spacial score (nSPS) is 12.7. The van der Waals surface area contributed by atoms with Crippen LogP contribution in [0.15, 0.2) is 48.5 Å². The Bertz CT molecular complexity index is 1090. The number of aromatic nitrogens is 1. The van der Waals surface area contributed by atoms with Gasteiger partial charge in [0.2, 0.25) is 0 Å². The quantitative estimate of drug-likeness (QED) is 0.641.